The van der Waals surface area contributed by atoms with E-state index >= 15 is 0 Å². The van der Waals surface area contributed by atoms with Gasteiger partial charge in [0.1, 0.15) is 0 Å². The highest BCUT2D eigenvalue weighted by Gasteiger charge is 2.55. The Hall–Kier alpha value is -1.89. The molecule has 3 unspecified atom stereocenters. The lowest BCUT2D eigenvalue weighted by Gasteiger charge is -2.49. The van der Waals surface area contributed by atoms with E-state index in [1.807, 2.05) is 0 Å². The maximum absolute atomic E-state index is 12.2. The van der Waals surface area contributed by atoms with Gasteiger partial charge in [-0.15, -0.1) is 0 Å². The standard InChI is InChI=1S/C32H59NO6/c1-5-9-10-11-12-13-14-15-16-17-18-19-20-21-22-23-24-25-26-33(27(6-2)30(34)35,28(7-3)31(36)37)29(8-4)32(38)39/h20-21,27-29H,5-19,22-26H2,1-4H3,(H2-,34,35,36,37,38,39)/p+1/b21-20+. The van der Waals surface area contributed by atoms with Gasteiger partial charge in [-0.3, -0.25) is 4.48 Å². The van der Waals surface area contributed by atoms with E-state index in [1.165, 1.54) is 70.6 Å². The second-order valence-electron chi connectivity index (χ2n) is 11.2. The van der Waals surface area contributed by atoms with Crippen LogP contribution in [-0.2, 0) is 14.4 Å². The number of carboxylic acid groups (broad SMARTS) is 3. The molecule has 0 spiro atoms. The van der Waals surface area contributed by atoms with Crippen molar-refractivity contribution in [3.8, 4) is 0 Å². The number of hydrogen-bond donors (Lipinski definition) is 3. The average molecular weight is 555 g/mol. The Morgan fingerprint density at radius 3 is 1.13 bits per heavy atom. The molecule has 0 bridgehead atoms. The quantitative estimate of drug-likeness (QED) is 0.0536. The van der Waals surface area contributed by atoms with Crippen LogP contribution < -0.4 is 0 Å². The van der Waals surface area contributed by atoms with Gasteiger partial charge >= 0.3 is 17.9 Å². The Morgan fingerprint density at radius 1 is 0.513 bits per heavy atom. The van der Waals surface area contributed by atoms with Gasteiger partial charge in [0.25, 0.3) is 0 Å². The summed E-state index contributed by atoms with van der Waals surface area (Å²) in [6.07, 6.45) is 24.2. The summed E-state index contributed by atoms with van der Waals surface area (Å²) in [4.78, 5) is 36.7. The van der Waals surface area contributed by atoms with Gasteiger partial charge in [0.05, 0.1) is 6.54 Å². The molecule has 0 rings (SSSR count). The number of rotatable bonds is 27. The highest BCUT2D eigenvalue weighted by Crippen LogP contribution is 2.32. The SMILES string of the molecule is CCCCCCCCCCCCC/C=C/CCCCC[N+](C(CC)C(=O)O)(C(CC)C(=O)O)C(CC)C(=O)O. The van der Waals surface area contributed by atoms with Crippen LogP contribution in [0.5, 0.6) is 0 Å². The molecular weight excluding hydrogens is 494 g/mol. The molecule has 0 aliphatic rings. The second-order valence-corrected chi connectivity index (χ2v) is 11.2. The molecule has 0 aromatic heterocycles. The molecule has 0 fully saturated rings. The number of quaternary nitrogens is 1. The van der Waals surface area contributed by atoms with Crippen LogP contribution in [0.4, 0.5) is 0 Å². The summed E-state index contributed by atoms with van der Waals surface area (Å²) in [6, 6.07) is -3.21. The number of nitrogens with zero attached hydrogens (tertiary/aromatic N) is 1. The molecule has 0 aliphatic carbocycles. The molecular formula is C32H60NO6+. The van der Waals surface area contributed by atoms with Crippen LogP contribution in [0.1, 0.15) is 150 Å². The number of unbranched alkanes of at least 4 members (excludes halogenated alkanes) is 14. The monoisotopic (exact) mass is 554 g/mol. The second kappa shape index (κ2) is 22.9. The molecule has 3 atom stereocenters. The summed E-state index contributed by atoms with van der Waals surface area (Å²) < 4.78 is -0.418. The Balaban J connectivity index is 4.64. The lowest BCUT2D eigenvalue weighted by atomic mass is 9.94. The minimum absolute atomic E-state index is 0.185. The van der Waals surface area contributed by atoms with Crippen molar-refractivity contribution in [2.24, 2.45) is 0 Å². The fourth-order valence-corrected chi connectivity index (χ4v) is 6.27. The van der Waals surface area contributed by atoms with E-state index in [9.17, 15) is 29.7 Å². The Morgan fingerprint density at radius 2 is 0.821 bits per heavy atom. The van der Waals surface area contributed by atoms with Crippen LogP contribution in [0.25, 0.3) is 0 Å². The number of hydrogen-bond acceptors (Lipinski definition) is 3. The summed E-state index contributed by atoms with van der Waals surface area (Å²) >= 11 is 0. The Bertz CT molecular complexity index is 637. The first-order valence-electron chi connectivity index (χ1n) is 15.9. The number of allylic oxidation sites excluding steroid dienone is 2. The first-order chi connectivity index (χ1) is 18.7. The lowest BCUT2D eigenvalue weighted by Crippen LogP contribution is -2.72. The van der Waals surface area contributed by atoms with E-state index in [4.69, 9.17) is 0 Å². The molecule has 0 aromatic carbocycles. The molecule has 7 nitrogen and oxygen atoms in total. The van der Waals surface area contributed by atoms with Crippen LogP contribution in [0.15, 0.2) is 12.2 Å². The minimum atomic E-state index is -1.12. The van der Waals surface area contributed by atoms with Crippen LogP contribution in [0.2, 0.25) is 0 Å². The summed E-state index contributed by atoms with van der Waals surface area (Å²) in [6.45, 7) is 7.61. The highest BCUT2D eigenvalue weighted by atomic mass is 16.4. The van der Waals surface area contributed by atoms with Crippen molar-refractivity contribution in [2.75, 3.05) is 6.54 Å². The third kappa shape index (κ3) is 13.8. The Labute approximate surface area is 238 Å². The van der Waals surface area contributed by atoms with E-state index in [0.29, 0.717) is 6.42 Å². The van der Waals surface area contributed by atoms with E-state index in [0.717, 1.165) is 25.7 Å². The summed E-state index contributed by atoms with van der Waals surface area (Å²) in [7, 11) is 0. The van der Waals surface area contributed by atoms with E-state index in [2.05, 4.69) is 19.1 Å². The van der Waals surface area contributed by atoms with E-state index < -0.39 is 40.5 Å². The fraction of sp³-hybridized carbons (Fsp3) is 0.844. The third-order valence-electron chi connectivity index (χ3n) is 8.31. The zero-order valence-corrected chi connectivity index (χ0v) is 25.5. The minimum Gasteiger partial charge on any atom is -0.477 e. The van der Waals surface area contributed by atoms with E-state index in [1.54, 1.807) is 20.8 Å². The zero-order chi connectivity index (χ0) is 29.5. The summed E-state index contributed by atoms with van der Waals surface area (Å²) in [5, 5.41) is 30.0. The normalized spacial score (nSPS) is 15.6. The summed E-state index contributed by atoms with van der Waals surface area (Å²) in [5.41, 5.74) is 0. The van der Waals surface area contributed by atoms with Crippen molar-refractivity contribution in [1.82, 2.24) is 0 Å². The molecule has 39 heavy (non-hydrogen) atoms. The van der Waals surface area contributed by atoms with Gasteiger partial charge in [0.2, 0.25) is 0 Å². The average Bonchev–Trinajstić information content (AvgIpc) is 2.88. The predicted octanol–water partition coefficient (Wildman–Crippen LogP) is 8.21. The first-order valence-corrected chi connectivity index (χ1v) is 15.9. The van der Waals surface area contributed by atoms with E-state index in [-0.39, 0.29) is 25.8 Å². The third-order valence-corrected chi connectivity index (χ3v) is 8.31. The van der Waals surface area contributed by atoms with Crippen molar-refractivity contribution >= 4 is 17.9 Å². The van der Waals surface area contributed by atoms with Gasteiger partial charge in [-0.25, -0.2) is 14.4 Å². The van der Waals surface area contributed by atoms with Crippen molar-refractivity contribution in [1.29, 1.82) is 0 Å². The maximum Gasteiger partial charge on any atom is 0.362 e. The number of carboxylic acids is 3. The topological polar surface area (TPSA) is 112 Å². The maximum atomic E-state index is 12.2. The van der Waals surface area contributed by atoms with Crippen LogP contribution in [0.3, 0.4) is 0 Å². The van der Waals surface area contributed by atoms with Gasteiger partial charge in [-0.2, -0.15) is 0 Å². The van der Waals surface area contributed by atoms with Crippen molar-refractivity contribution in [3.63, 3.8) is 0 Å². The first kappa shape index (κ1) is 37.1. The van der Waals surface area contributed by atoms with Gasteiger partial charge in [0, 0.05) is 19.3 Å². The van der Waals surface area contributed by atoms with Gasteiger partial charge in [0.15, 0.2) is 18.1 Å². The summed E-state index contributed by atoms with van der Waals surface area (Å²) in [5.74, 6) is -3.37. The largest absolute Gasteiger partial charge is 0.477 e. The highest BCUT2D eigenvalue weighted by molar-refractivity contribution is 5.78. The molecule has 228 valence electrons. The lowest BCUT2D eigenvalue weighted by molar-refractivity contribution is -0.973. The molecule has 0 radical (unpaired) electrons. The molecule has 0 saturated carbocycles. The van der Waals surface area contributed by atoms with Gasteiger partial charge in [-0.05, 0) is 38.5 Å². The smallest absolute Gasteiger partial charge is 0.362 e. The predicted molar refractivity (Wildman–Crippen MR) is 159 cm³/mol. The van der Waals surface area contributed by atoms with Gasteiger partial charge < -0.3 is 15.3 Å². The molecule has 0 amide bonds. The molecule has 0 aromatic rings. The Kier molecular flexibility index (Phi) is 21.8. The van der Waals surface area contributed by atoms with Crippen LogP contribution in [-0.4, -0.2) is 62.4 Å². The number of carbonyl (C=O) groups is 3. The molecule has 0 heterocycles. The number of aliphatic carboxylic acids is 3. The molecule has 0 saturated heterocycles. The van der Waals surface area contributed by atoms with Crippen molar-refractivity contribution in [3.05, 3.63) is 12.2 Å². The fourth-order valence-electron chi connectivity index (χ4n) is 6.27. The van der Waals surface area contributed by atoms with Crippen LogP contribution in [0, 0.1) is 0 Å². The zero-order valence-electron chi connectivity index (χ0n) is 25.5. The molecule has 3 N–H and O–H groups in total. The molecule has 7 heteroatoms. The van der Waals surface area contributed by atoms with Crippen molar-refractivity contribution in [2.45, 2.75) is 168 Å². The molecule has 0 aliphatic heterocycles. The van der Waals surface area contributed by atoms with Gasteiger partial charge in [-0.1, -0.05) is 104 Å². The van der Waals surface area contributed by atoms with Crippen molar-refractivity contribution < 1.29 is 34.2 Å². The van der Waals surface area contributed by atoms with Crippen LogP contribution >= 0.6 is 0 Å².